The fourth-order valence-electron chi connectivity index (χ4n) is 6.08. The summed E-state index contributed by atoms with van der Waals surface area (Å²) >= 11 is 0. The fraction of sp³-hybridized carbons (Fsp3) is 0.320. The summed E-state index contributed by atoms with van der Waals surface area (Å²) in [4.78, 5) is 45.6. The zero-order chi connectivity index (χ0) is 26.7. The van der Waals surface area contributed by atoms with Crippen LogP contribution in [0.1, 0.15) is 65.2 Å². The number of pyridine rings is 1. The minimum Gasteiger partial charge on any atom is -0.383 e. The first-order valence-electron chi connectivity index (χ1n) is 12.7. The Balaban J connectivity index is 1.27. The minimum absolute atomic E-state index is 0.0163. The van der Waals surface area contributed by atoms with Gasteiger partial charge in [-0.05, 0) is 38.7 Å². The van der Waals surface area contributed by atoms with Crippen molar-refractivity contribution in [1.82, 2.24) is 54.8 Å². The Morgan fingerprint density at radius 2 is 1.77 bits per heavy atom. The molecule has 0 spiro atoms. The molecule has 196 valence electrons. The van der Waals surface area contributed by atoms with Gasteiger partial charge in [0.1, 0.15) is 24.2 Å². The van der Waals surface area contributed by atoms with Crippen LogP contribution in [0.5, 0.6) is 0 Å². The number of fused-ring (bicyclic) bond motifs is 3. The summed E-state index contributed by atoms with van der Waals surface area (Å²) in [6, 6.07) is 3.78. The van der Waals surface area contributed by atoms with E-state index in [1.807, 2.05) is 17.0 Å². The SMILES string of the molecule is CC(=O)c1c(C2C[C@H]3CC[C@@H](C2)N3C(=O)c2ncn[nH]2)nc2c(-c3ccc(-c4ncn[nH]4)nc3)cnn2c1N. The Kier molecular flexibility index (Phi) is 5.21. The maximum Gasteiger partial charge on any atom is 0.291 e. The molecular weight excluding hydrogens is 500 g/mol. The van der Waals surface area contributed by atoms with E-state index in [0.29, 0.717) is 41.3 Å². The van der Waals surface area contributed by atoms with Gasteiger partial charge >= 0.3 is 0 Å². The second-order valence-electron chi connectivity index (χ2n) is 9.97. The van der Waals surface area contributed by atoms with Crippen molar-refractivity contribution in [2.75, 3.05) is 5.73 Å². The second kappa shape index (κ2) is 8.79. The summed E-state index contributed by atoms with van der Waals surface area (Å²) < 4.78 is 1.51. The number of carbonyl (C=O) groups is 2. The predicted molar refractivity (Wildman–Crippen MR) is 137 cm³/mol. The molecule has 39 heavy (non-hydrogen) atoms. The molecule has 14 heteroatoms. The molecule has 7 rings (SSSR count). The molecule has 7 heterocycles. The average molecular weight is 525 g/mol. The molecule has 5 aromatic heterocycles. The molecule has 0 saturated carbocycles. The quantitative estimate of drug-likeness (QED) is 0.287. The van der Waals surface area contributed by atoms with Crippen LogP contribution in [-0.2, 0) is 0 Å². The van der Waals surface area contributed by atoms with Crippen molar-refractivity contribution >= 4 is 23.2 Å². The lowest BCUT2D eigenvalue weighted by atomic mass is 9.85. The highest BCUT2D eigenvalue weighted by Crippen LogP contribution is 2.45. The van der Waals surface area contributed by atoms with Crippen molar-refractivity contribution in [1.29, 1.82) is 0 Å². The molecule has 0 aromatic carbocycles. The van der Waals surface area contributed by atoms with Gasteiger partial charge in [0.25, 0.3) is 5.91 Å². The Bertz CT molecular complexity index is 1680. The van der Waals surface area contributed by atoms with Crippen LogP contribution in [-0.4, -0.2) is 78.6 Å². The Hall–Kier alpha value is -5.01. The average Bonchev–Trinajstić information content (AvgIpc) is 3.75. The topological polar surface area (TPSA) is 190 Å². The normalized spacial score (nSPS) is 20.5. The van der Waals surface area contributed by atoms with E-state index in [0.717, 1.165) is 24.0 Å². The number of rotatable bonds is 5. The summed E-state index contributed by atoms with van der Waals surface area (Å²) in [5, 5.41) is 17.6. The molecule has 2 saturated heterocycles. The largest absolute Gasteiger partial charge is 0.383 e. The molecule has 0 aliphatic carbocycles. The third-order valence-electron chi connectivity index (χ3n) is 7.77. The van der Waals surface area contributed by atoms with Gasteiger partial charge in [-0.15, -0.1) is 0 Å². The second-order valence-corrected chi connectivity index (χ2v) is 9.97. The van der Waals surface area contributed by atoms with Gasteiger partial charge < -0.3 is 10.6 Å². The number of ketones is 1. The fourth-order valence-corrected chi connectivity index (χ4v) is 6.08. The Morgan fingerprint density at radius 1 is 1.00 bits per heavy atom. The number of H-pyrrole nitrogens is 2. The number of amides is 1. The lowest BCUT2D eigenvalue weighted by molar-refractivity contribution is 0.0556. The molecule has 2 fully saturated rings. The molecule has 14 nitrogen and oxygen atoms in total. The monoisotopic (exact) mass is 524 g/mol. The molecule has 4 N–H and O–H groups in total. The highest BCUT2D eigenvalue weighted by Gasteiger charge is 2.45. The standard InChI is InChI=1S/C25H24N12O2/c1-12(38)19-20(14-6-15-3-4-16(7-14)36(15)25(39)23-29-11-31-35-23)33-24-17(9-32-37(24)21(19)26)13-2-5-18(27-8-13)22-28-10-30-34-22/h2,5,8-11,14-16H,3-4,6-7,26H2,1H3,(H,28,30,34)(H,29,31,35)/t14?,15-,16+. The maximum atomic E-state index is 13.1. The molecule has 0 radical (unpaired) electrons. The maximum absolute atomic E-state index is 13.1. The number of piperidine rings is 1. The molecule has 2 aliphatic heterocycles. The third kappa shape index (κ3) is 3.66. The lowest BCUT2D eigenvalue weighted by Crippen LogP contribution is -2.46. The van der Waals surface area contributed by atoms with Crippen LogP contribution in [0, 0.1) is 0 Å². The summed E-state index contributed by atoms with van der Waals surface area (Å²) in [7, 11) is 0. The van der Waals surface area contributed by atoms with Crippen LogP contribution in [0.3, 0.4) is 0 Å². The lowest BCUT2D eigenvalue weighted by Gasteiger charge is -2.38. The predicted octanol–water partition coefficient (Wildman–Crippen LogP) is 2.03. The van der Waals surface area contributed by atoms with Gasteiger partial charge in [-0.3, -0.25) is 24.8 Å². The van der Waals surface area contributed by atoms with Gasteiger partial charge in [0.2, 0.25) is 5.82 Å². The Labute approximate surface area is 221 Å². The van der Waals surface area contributed by atoms with Gasteiger partial charge in [0.05, 0.1) is 17.5 Å². The molecular formula is C25H24N12O2. The molecule has 2 aliphatic rings. The number of nitrogens with zero attached hydrogens (tertiary/aromatic N) is 9. The number of nitrogens with two attached hydrogens (primary N) is 1. The summed E-state index contributed by atoms with van der Waals surface area (Å²) in [5.74, 6) is 0.715. The van der Waals surface area contributed by atoms with Crippen molar-refractivity contribution in [3.63, 3.8) is 0 Å². The number of carbonyl (C=O) groups excluding carboxylic acids is 2. The highest BCUT2D eigenvalue weighted by molar-refractivity contribution is 6.00. The Morgan fingerprint density at radius 3 is 2.41 bits per heavy atom. The van der Waals surface area contributed by atoms with Crippen molar-refractivity contribution in [3.05, 3.63) is 54.3 Å². The number of aromatic nitrogens is 10. The zero-order valence-corrected chi connectivity index (χ0v) is 20.9. The van der Waals surface area contributed by atoms with E-state index < -0.39 is 0 Å². The van der Waals surface area contributed by atoms with Gasteiger partial charge in [0.15, 0.2) is 17.3 Å². The minimum atomic E-state index is -0.167. The number of Topliss-reactive ketones (excluding diaryl/α,β-unsaturated/α-hetero) is 1. The number of anilines is 1. The van der Waals surface area contributed by atoms with E-state index in [4.69, 9.17) is 10.7 Å². The van der Waals surface area contributed by atoms with Gasteiger partial charge in [-0.2, -0.15) is 19.8 Å². The summed E-state index contributed by atoms with van der Waals surface area (Å²) in [6.07, 6.45) is 9.29. The first-order chi connectivity index (χ1) is 19.0. The van der Waals surface area contributed by atoms with E-state index in [9.17, 15) is 9.59 Å². The van der Waals surface area contributed by atoms with Crippen LogP contribution in [0.15, 0.2) is 37.2 Å². The van der Waals surface area contributed by atoms with E-state index in [1.54, 1.807) is 12.4 Å². The van der Waals surface area contributed by atoms with Gasteiger partial charge in [0, 0.05) is 35.3 Å². The number of nitrogens with one attached hydrogen (secondary N) is 2. The molecule has 1 unspecified atom stereocenters. The summed E-state index contributed by atoms with van der Waals surface area (Å²) in [5.41, 5.74) is 10.3. The van der Waals surface area contributed by atoms with E-state index in [-0.39, 0.29) is 41.3 Å². The van der Waals surface area contributed by atoms with E-state index >= 15 is 0 Å². The number of hydrogen-bond acceptors (Lipinski definition) is 10. The van der Waals surface area contributed by atoms with Crippen molar-refractivity contribution in [3.8, 4) is 22.6 Å². The van der Waals surface area contributed by atoms with Gasteiger partial charge in [-0.1, -0.05) is 6.07 Å². The molecule has 3 atom stereocenters. The third-order valence-corrected chi connectivity index (χ3v) is 7.77. The smallest absolute Gasteiger partial charge is 0.291 e. The molecule has 5 aromatic rings. The van der Waals surface area contributed by atoms with Crippen LogP contribution in [0.2, 0.25) is 0 Å². The van der Waals surface area contributed by atoms with Crippen molar-refractivity contribution < 1.29 is 9.59 Å². The van der Waals surface area contributed by atoms with Crippen molar-refractivity contribution in [2.45, 2.75) is 50.6 Å². The first-order valence-corrected chi connectivity index (χ1v) is 12.7. The molecule has 1 amide bonds. The van der Waals surface area contributed by atoms with Crippen LogP contribution < -0.4 is 5.73 Å². The van der Waals surface area contributed by atoms with Gasteiger partial charge in [-0.25, -0.2) is 15.0 Å². The van der Waals surface area contributed by atoms with Crippen LogP contribution in [0.4, 0.5) is 5.82 Å². The first kappa shape index (κ1) is 23.1. The zero-order valence-electron chi connectivity index (χ0n) is 20.9. The number of nitrogen functional groups attached to an aromatic ring is 1. The number of hydrogen-bond donors (Lipinski definition) is 3. The molecule has 2 bridgehead atoms. The summed E-state index contributed by atoms with van der Waals surface area (Å²) in [6.45, 7) is 1.50. The van der Waals surface area contributed by atoms with Crippen molar-refractivity contribution in [2.24, 2.45) is 0 Å². The van der Waals surface area contributed by atoms with E-state index in [1.165, 1.54) is 24.1 Å². The van der Waals surface area contributed by atoms with Crippen LogP contribution >= 0.6 is 0 Å². The van der Waals surface area contributed by atoms with E-state index in [2.05, 4.69) is 40.4 Å². The van der Waals surface area contributed by atoms with Crippen LogP contribution in [0.25, 0.3) is 28.3 Å². The highest BCUT2D eigenvalue weighted by atomic mass is 16.2. The number of aromatic amines is 2.